The van der Waals surface area contributed by atoms with Crippen molar-refractivity contribution in [3.05, 3.63) is 59.2 Å². The van der Waals surface area contributed by atoms with Crippen LogP contribution in [0.3, 0.4) is 0 Å². The molecule has 2 aromatic rings. The van der Waals surface area contributed by atoms with E-state index in [1.54, 1.807) is 19.2 Å². The molecule has 0 aliphatic rings. The van der Waals surface area contributed by atoms with Gasteiger partial charge < -0.3 is 9.47 Å². The summed E-state index contributed by atoms with van der Waals surface area (Å²) in [5.41, 5.74) is 1.98. The molecule has 0 spiro atoms. The quantitative estimate of drug-likeness (QED) is 0.635. The SMILES string of the molecule is CC.COc1cc(C#Cc2ccccc2)c(C=O)cc1OC. The number of aldehydes is 1. The lowest BCUT2D eigenvalue weighted by molar-refractivity contribution is 0.112. The van der Waals surface area contributed by atoms with Crippen LogP contribution in [-0.2, 0) is 0 Å². The summed E-state index contributed by atoms with van der Waals surface area (Å²) in [6.45, 7) is 4.00. The highest BCUT2D eigenvalue weighted by Crippen LogP contribution is 2.29. The van der Waals surface area contributed by atoms with E-state index in [4.69, 9.17) is 9.47 Å². The maximum absolute atomic E-state index is 11.1. The third-order valence-corrected chi connectivity index (χ3v) is 2.80. The molecular weight excluding hydrogens is 276 g/mol. The molecule has 0 fully saturated rings. The van der Waals surface area contributed by atoms with Gasteiger partial charge in [-0.1, -0.05) is 43.9 Å². The summed E-state index contributed by atoms with van der Waals surface area (Å²) in [4.78, 5) is 11.1. The molecule has 2 aromatic carbocycles. The molecule has 0 atom stereocenters. The Labute approximate surface area is 131 Å². The first-order chi connectivity index (χ1) is 10.8. The van der Waals surface area contributed by atoms with Gasteiger partial charge in [-0.3, -0.25) is 4.79 Å². The molecule has 22 heavy (non-hydrogen) atoms. The van der Waals surface area contributed by atoms with Gasteiger partial charge in [0.05, 0.1) is 14.2 Å². The zero-order valence-corrected chi connectivity index (χ0v) is 13.3. The summed E-state index contributed by atoms with van der Waals surface area (Å²) >= 11 is 0. The van der Waals surface area contributed by atoms with Gasteiger partial charge in [-0.25, -0.2) is 0 Å². The number of carbonyl (C=O) groups is 1. The third kappa shape index (κ3) is 4.39. The molecule has 0 amide bonds. The van der Waals surface area contributed by atoms with Gasteiger partial charge in [-0.05, 0) is 18.2 Å². The van der Waals surface area contributed by atoms with Crippen molar-refractivity contribution in [2.24, 2.45) is 0 Å². The summed E-state index contributed by atoms with van der Waals surface area (Å²) in [6.07, 6.45) is 0.761. The van der Waals surface area contributed by atoms with Crippen LogP contribution in [-0.4, -0.2) is 20.5 Å². The molecule has 0 aromatic heterocycles. The number of methoxy groups -OCH3 is 2. The second kappa shape index (κ2) is 9.25. The van der Waals surface area contributed by atoms with E-state index in [1.807, 2.05) is 44.2 Å². The van der Waals surface area contributed by atoms with Gasteiger partial charge in [0.25, 0.3) is 0 Å². The average molecular weight is 296 g/mol. The van der Waals surface area contributed by atoms with E-state index in [1.165, 1.54) is 7.11 Å². The monoisotopic (exact) mass is 296 g/mol. The van der Waals surface area contributed by atoms with Crippen LogP contribution < -0.4 is 9.47 Å². The molecule has 0 aliphatic carbocycles. The summed E-state index contributed by atoms with van der Waals surface area (Å²) in [5, 5.41) is 0. The zero-order chi connectivity index (χ0) is 16.4. The van der Waals surface area contributed by atoms with Crippen LogP contribution in [0, 0.1) is 11.8 Å². The molecule has 0 bridgehead atoms. The fourth-order valence-electron chi connectivity index (χ4n) is 1.76. The standard InChI is InChI=1S/C17H14O3.C2H6/c1-19-16-10-14(15(12-18)11-17(16)20-2)9-8-13-6-4-3-5-7-13;1-2/h3-7,10-12H,1-2H3;1-2H3. The maximum atomic E-state index is 11.1. The van der Waals surface area contributed by atoms with Crippen LogP contribution in [0.4, 0.5) is 0 Å². The van der Waals surface area contributed by atoms with Crippen molar-refractivity contribution in [1.29, 1.82) is 0 Å². The van der Waals surface area contributed by atoms with Crippen molar-refractivity contribution in [3.63, 3.8) is 0 Å². The Morgan fingerprint density at radius 2 is 1.50 bits per heavy atom. The fourth-order valence-corrected chi connectivity index (χ4v) is 1.76. The Balaban J connectivity index is 0.00000116. The highest BCUT2D eigenvalue weighted by atomic mass is 16.5. The highest BCUT2D eigenvalue weighted by Gasteiger charge is 2.09. The van der Waals surface area contributed by atoms with Crippen LogP contribution in [0.25, 0.3) is 0 Å². The predicted octanol–water partition coefficient (Wildman–Crippen LogP) is 3.94. The van der Waals surface area contributed by atoms with Gasteiger partial charge in [0, 0.05) is 22.8 Å². The van der Waals surface area contributed by atoms with E-state index in [0.717, 1.165) is 11.8 Å². The van der Waals surface area contributed by atoms with Gasteiger partial charge >= 0.3 is 0 Å². The number of carbonyl (C=O) groups excluding carboxylic acids is 1. The van der Waals surface area contributed by atoms with Gasteiger partial charge in [-0.2, -0.15) is 0 Å². The van der Waals surface area contributed by atoms with Crippen LogP contribution >= 0.6 is 0 Å². The van der Waals surface area contributed by atoms with Crippen LogP contribution in [0.15, 0.2) is 42.5 Å². The lowest BCUT2D eigenvalue weighted by Gasteiger charge is -2.09. The Bertz CT molecular complexity index is 664. The highest BCUT2D eigenvalue weighted by molar-refractivity contribution is 5.81. The molecule has 0 heterocycles. The molecule has 2 rings (SSSR count). The van der Waals surface area contributed by atoms with Gasteiger partial charge in [0.2, 0.25) is 0 Å². The lowest BCUT2D eigenvalue weighted by atomic mass is 10.1. The molecular formula is C19H20O3. The fraction of sp³-hybridized carbons (Fsp3) is 0.211. The van der Waals surface area contributed by atoms with Crippen LogP contribution in [0.1, 0.15) is 35.3 Å². The summed E-state index contributed by atoms with van der Waals surface area (Å²) in [5.74, 6) is 7.07. The molecule has 0 saturated carbocycles. The number of hydrogen-bond donors (Lipinski definition) is 0. The second-order valence-corrected chi connectivity index (χ2v) is 4.03. The Morgan fingerprint density at radius 3 is 2.05 bits per heavy atom. The van der Waals surface area contributed by atoms with Crippen molar-refractivity contribution in [3.8, 4) is 23.3 Å². The van der Waals surface area contributed by atoms with E-state index in [-0.39, 0.29) is 0 Å². The average Bonchev–Trinajstić information content (AvgIpc) is 2.61. The van der Waals surface area contributed by atoms with E-state index in [2.05, 4.69) is 11.8 Å². The number of benzene rings is 2. The largest absolute Gasteiger partial charge is 0.493 e. The minimum Gasteiger partial charge on any atom is -0.493 e. The first kappa shape index (κ1) is 17.3. The minimum absolute atomic E-state index is 0.478. The Kier molecular flexibility index (Phi) is 7.28. The first-order valence-corrected chi connectivity index (χ1v) is 7.06. The number of ether oxygens (including phenoxy) is 2. The molecule has 0 saturated heterocycles. The summed E-state index contributed by atoms with van der Waals surface area (Å²) in [6, 6.07) is 12.9. The van der Waals surface area contributed by atoms with E-state index < -0.39 is 0 Å². The minimum atomic E-state index is 0.478. The van der Waals surface area contributed by atoms with Crippen molar-refractivity contribution < 1.29 is 14.3 Å². The third-order valence-electron chi connectivity index (χ3n) is 2.80. The smallest absolute Gasteiger partial charge is 0.162 e. The number of hydrogen-bond acceptors (Lipinski definition) is 3. The van der Waals surface area contributed by atoms with Gasteiger partial charge in [0.1, 0.15) is 0 Å². The van der Waals surface area contributed by atoms with Crippen molar-refractivity contribution in [2.45, 2.75) is 13.8 Å². The maximum Gasteiger partial charge on any atom is 0.162 e. The van der Waals surface area contributed by atoms with E-state index >= 15 is 0 Å². The zero-order valence-electron chi connectivity index (χ0n) is 13.3. The summed E-state index contributed by atoms with van der Waals surface area (Å²) < 4.78 is 10.4. The molecule has 114 valence electrons. The van der Waals surface area contributed by atoms with Crippen LogP contribution in [0.2, 0.25) is 0 Å². The predicted molar refractivity (Wildman–Crippen MR) is 88.7 cm³/mol. The molecule has 0 unspecified atom stereocenters. The van der Waals surface area contributed by atoms with Crippen molar-refractivity contribution in [2.75, 3.05) is 14.2 Å². The summed E-state index contributed by atoms with van der Waals surface area (Å²) in [7, 11) is 3.08. The molecule has 3 nitrogen and oxygen atoms in total. The van der Waals surface area contributed by atoms with E-state index in [0.29, 0.717) is 22.6 Å². The number of rotatable bonds is 3. The van der Waals surface area contributed by atoms with Crippen molar-refractivity contribution >= 4 is 6.29 Å². The molecule has 3 heteroatoms. The van der Waals surface area contributed by atoms with Crippen LogP contribution in [0.5, 0.6) is 11.5 Å². The first-order valence-electron chi connectivity index (χ1n) is 7.06. The molecule has 0 radical (unpaired) electrons. The Hall–Kier alpha value is -2.73. The molecule has 0 N–H and O–H groups in total. The normalized spacial score (nSPS) is 8.73. The lowest BCUT2D eigenvalue weighted by Crippen LogP contribution is -1.95. The topological polar surface area (TPSA) is 35.5 Å². The Morgan fingerprint density at radius 1 is 0.909 bits per heavy atom. The van der Waals surface area contributed by atoms with Gasteiger partial charge in [-0.15, -0.1) is 0 Å². The second-order valence-electron chi connectivity index (χ2n) is 4.03. The van der Waals surface area contributed by atoms with E-state index in [9.17, 15) is 4.79 Å². The molecule has 0 aliphatic heterocycles. The van der Waals surface area contributed by atoms with Crippen molar-refractivity contribution in [1.82, 2.24) is 0 Å². The van der Waals surface area contributed by atoms with Gasteiger partial charge in [0.15, 0.2) is 17.8 Å².